The molecule has 0 unspecified atom stereocenters. The molecule has 2 rings (SSSR count). The SMILES string of the molecule is Cc1ccc(C)c2nc(Cl)c(CCC(=O)Cl)cc12. The topological polar surface area (TPSA) is 30.0 Å². The summed E-state index contributed by atoms with van der Waals surface area (Å²) in [5.74, 6) is 0. The van der Waals surface area contributed by atoms with Gasteiger partial charge in [-0.2, -0.15) is 0 Å². The molecule has 0 N–H and O–H groups in total. The first kappa shape index (κ1) is 13.3. The molecule has 1 aromatic carbocycles. The number of rotatable bonds is 3. The molecule has 0 aliphatic carbocycles. The number of hydrogen-bond donors (Lipinski definition) is 0. The van der Waals surface area contributed by atoms with E-state index in [2.05, 4.69) is 11.1 Å². The van der Waals surface area contributed by atoms with Gasteiger partial charge in [-0.15, -0.1) is 0 Å². The molecule has 18 heavy (non-hydrogen) atoms. The van der Waals surface area contributed by atoms with Crippen LogP contribution in [0.5, 0.6) is 0 Å². The van der Waals surface area contributed by atoms with E-state index in [0.717, 1.165) is 27.6 Å². The summed E-state index contributed by atoms with van der Waals surface area (Å²) >= 11 is 11.5. The third-order valence-electron chi connectivity index (χ3n) is 3.02. The van der Waals surface area contributed by atoms with Gasteiger partial charge in [0, 0.05) is 11.8 Å². The predicted molar refractivity (Wildman–Crippen MR) is 75.4 cm³/mol. The fourth-order valence-electron chi connectivity index (χ4n) is 1.96. The summed E-state index contributed by atoms with van der Waals surface area (Å²) < 4.78 is 0. The van der Waals surface area contributed by atoms with Crippen molar-refractivity contribution in [1.29, 1.82) is 0 Å². The lowest BCUT2D eigenvalue weighted by Gasteiger charge is -2.09. The first-order chi connectivity index (χ1) is 8.49. The van der Waals surface area contributed by atoms with Crippen molar-refractivity contribution in [2.45, 2.75) is 26.7 Å². The van der Waals surface area contributed by atoms with Crippen LogP contribution in [0.3, 0.4) is 0 Å². The molecule has 0 atom stereocenters. The standard InChI is InChI=1S/C14H13Cl2NO/c1-8-3-4-9(2)13-11(8)7-10(14(16)17-13)5-6-12(15)18/h3-4,7H,5-6H2,1-2H3. The molecule has 0 saturated carbocycles. The van der Waals surface area contributed by atoms with Gasteiger partial charge in [-0.3, -0.25) is 4.79 Å². The molecule has 0 spiro atoms. The van der Waals surface area contributed by atoms with Crippen LogP contribution in [-0.2, 0) is 11.2 Å². The van der Waals surface area contributed by atoms with E-state index in [4.69, 9.17) is 23.2 Å². The van der Waals surface area contributed by atoms with Crippen LogP contribution < -0.4 is 0 Å². The third-order valence-corrected chi connectivity index (χ3v) is 3.54. The molecule has 1 aromatic heterocycles. The summed E-state index contributed by atoms with van der Waals surface area (Å²) in [4.78, 5) is 15.2. The molecule has 2 aromatic rings. The van der Waals surface area contributed by atoms with Gasteiger partial charge in [-0.05, 0) is 54.6 Å². The normalized spacial score (nSPS) is 10.9. The molecular formula is C14H13Cl2NO. The maximum Gasteiger partial charge on any atom is 0.221 e. The van der Waals surface area contributed by atoms with Crippen LogP contribution >= 0.6 is 23.2 Å². The van der Waals surface area contributed by atoms with Gasteiger partial charge >= 0.3 is 0 Å². The zero-order chi connectivity index (χ0) is 13.3. The number of carbonyl (C=O) groups excluding carboxylic acids is 1. The average Bonchev–Trinajstić information content (AvgIpc) is 2.32. The molecule has 2 nitrogen and oxygen atoms in total. The molecular weight excluding hydrogens is 269 g/mol. The van der Waals surface area contributed by atoms with Crippen molar-refractivity contribution in [3.63, 3.8) is 0 Å². The number of fused-ring (bicyclic) bond motifs is 1. The molecule has 0 aliphatic rings. The highest BCUT2D eigenvalue weighted by atomic mass is 35.5. The number of nitrogens with zero attached hydrogens (tertiary/aromatic N) is 1. The van der Waals surface area contributed by atoms with E-state index in [-0.39, 0.29) is 11.7 Å². The van der Waals surface area contributed by atoms with Crippen molar-refractivity contribution in [3.05, 3.63) is 40.0 Å². The minimum absolute atomic E-state index is 0.277. The number of halogens is 2. The maximum absolute atomic E-state index is 10.8. The highest BCUT2D eigenvalue weighted by molar-refractivity contribution is 6.63. The fourth-order valence-corrected chi connectivity index (χ4v) is 2.29. The lowest BCUT2D eigenvalue weighted by atomic mass is 10.0. The smallest absolute Gasteiger partial charge is 0.221 e. The zero-order valence-corrected chi connectivity index (χ0v) is 11.8. The number of aromatic nitrogens is 1. The minimum Gasteiger partial charge on any atom is -0.281 e. The van der Waals surface area contributed by atoms with Crippen molar-refractivity contribution >= 4 is 39.3 Å². The number of aryl methyl sites for hydroxylation is 3. The molecule has 0 radical (unpaired) electrons. The minimum atomic E-state index is -0.355. The van der Waals surface area contributed by atoms with Crippen molar-refractivity contribution in [3.8, 4) is 0 Å². The summed E-state index contributed by atoms with van der Waals surface area (Å²) in [7, 11) is 0. The van der Waals surface area contributed by atoms with Crippen molar-refractivity contribution < 1.29 is 4.79 Å². The molecule has 0 aliphatic heterocycles. The Hall–Kier alpha value is -1.12. The van der Waals surface area contributed by atoms with Gasteiger partial charge in [0.2, 0.25) is 5.24 Å². The van der Waals surface area contributed by atoms with Crippen molar-refractivity contribution in [1.82, 2.24) is 4.98 Å². The Morgan fingerprint density at radius 2 is 1.94 bits per heavy atom. The number of carbonyl (C=O) groups is 1. The second-order valence-corrected chi connectivity index (χ2v) is 5.17. The quantitative estimate of drug-likeness (QED) is 0.623. The molecule has 4 heteroatoms. The van der Waals surface area contributed by atoms with Crippen LogP contribution in [0.1, 0.15) is 23.1 Å². The Morgan fingerprint density at radius 3 is 2.61 bits per heavy atom. The fraction of sp³-hybridized carbons (Fsp3) is 0.286. The molecule has 1 heterocycles. The van der Waals surface area contributed by atoms with Gasteiger partial charge in [-0.1, -0.05) is 23.7 Å². The van der Waals surface area contributed by atoms with Gasteiger partial charge in [0.15, 0.2) is 0 Å². The number of pyridine rings is 1. The Balaban J connectivity index is 2.54. The monoisotopic (exact) mass is 281 g/mol. The lowest BCUT2D eigenvalue weighted by molar-refractivity contribution is -0.111. The highest BCUT2D eigenvalue weighted by Gasteiger charge is 2.09. The summed E-state index contributed by atoms with van der Waals surface area (Å²) in [5.41, 5.74) is 4.03. The van der Waals surface area contributed by atoms with Gasteiger partial charge in [0.1, 0.15) is 5.15 Å². The maximum atomic E-state index is 10.8. The summed E-state index contributed by atoms with van der Waals surface area (Å²) in [6.07, 6.45) is 0.802. The van der Waals surface area contributed by atoms with E-state index >= 15 is 0 Å². The van der Waals surface area contributed by atoms with E-state index in [0.29, 0.717) is 11.6 Å². The summed E-state index contributed by atoms with van der Waals surface area (Å²) in [5, 5.41) is 1.18. The van der Waals surface area contributed by atoms with Crippen molar-refractivity contribution in [2.75, 3.05) is 0 Å². The van der Waals surface area contributed by atoms with Crippen molar-refractivity contribution in [2.24, 2.45) is 0 Å². The Labute approximate surface area is 116 Å². The van der Waals surface area contributed by atoms with Crippen LogP contribution in [0.25, 0.3) is 10.9 Å². The van der Waals surface area contributed by atoms with Crippen LogP contribution in [0.4, 0.5) is 0 Å². The lowest BCUT2D eigenvalue weighted by Crippen LogP contribution is -1.96. The predicted octanol–water partition coefficient (Wildman–Crippen LogP) is 4.20. The highest BCUT2D eigenvalue weighted by Crippen LogP contribution is 2.26. The van der Waals surface area contributed by atoms with Crippen LogP contribution in [0.2, 0.25) is 5.15 Å². The Kier molecular flexibility index (Phi) is 3.88. The van der Waals surface area contributed by atoms with Gasteiger partial charge in [-0.25, -0.2) is 4.98 Å². The number of benzene rings is 1. The summed E-state index contributed by atoms with van der Waals surface area (Å²) in [6, 6.07) is 6.10. The molecule has 0 amide bonds. The van der Waals surface area contributed by atoms with Crippen LogP contribution in [0, 0.1) is 13.8 Å². The molecule has 94 valence electrons. The Bertz CT molecular complexity index is 623. The van der Waals surface area contributed by atoms with E-state index in [1.165, 1.54) is 0 Å². The first-order valence-corrected chi connectivity index (χ1v) is 6.48. The molecule has 0 bridgehead atoms. The van der Waals surface area contributed by atoms with E-state index in [1.54, 1.807) is 0 Å². The van der Waals surface area contributed by atoms with Gasteiger partial charge < -0.3 is 0 Å². The molecule has 0 saturated heterocycles. The largest absolute Gasteiger partial charge is 0.281 e. The zero-order valence-electron chi connectivity index (χ0n) is 10.3. The summed E-state index contributed by atoms with van der Waals surface area (Å²) in [6.45, 7) is 4.04. The van der Waals surface area contributed by atoms with Crippen LogP contribution in [0.15, 0.2) is 18.2 Å². The van der Waals surface area contributed by atoms with Gasteiger partial charge in [0.25, 0.3) is 0 Å². The van der Waals surface area contributed by atoms with Gasteiger partial charge in [0.05, 0.1) is 5.52 Å². The third kappa shape index (κ3) is 2.65. The first-order valence-electron chi connectivity index (χ1n) is 5.72. The van der Waals surface area contributed by atoms with Crippen LogP contribution in [-0.4, -0.2) is 10.2 Å². The second kappa shape index (κ2) is 5.25. The Morgan fingerprint density at radius 1 is 1.28 bits per heavy atom. The van der Waals surface area contributed by atoms with E-state index in [1.807, 2.05) is 26.0 Å². The molecule has 0 fully saturated rings. The second-order valence-electron chi connectivity index (χ2n) is 4.39. The number of hydrogen-bond acceptors (Lipinski definition) is 2. The van der Waals surface area contributed by atoms with E-state index in [9.17, 15) is 4.79 Å². The van der Waals surface area contributed by atoms with E-state index < -0.39 is 0 Å². The average molecular weight is 282 g/mol.